The highest BCUT2D eigenvalue weighted by Gasteiger charge is 2.21. The average Bonchev–Trinajstić information content (AvgIpc) is 2.11. The number of nitrogens with one attached hydrogen (secondary N) is 2. The first kappa shape index (κ1) is 16.4. The quantitative estimate of drug-likeness (QED) is 0.687. The first-order valence-electron chi connectivity index (χ1n) is 5.81. The van der Waals surface area contributed by atoms with Crippen LogP contribution in [0.4, 0.5) is 0 Å². The summed E-state index contributed by atoms with van der Waals surface area (Å²) in [4.78, 5) is 11.6. The van der Waals surface area contributed by atoms with Gasteiger partial charge in [-0.15, -0.1) is 0 Å². The van der Waals surface area contributed by atoms with Crippen LogP contribution in [0.2, 0.25) is 0 Å². The highest BCUT2D eigenvalue weighted by atomic mass is 32.2. The van der Waals surface area contributed by atoms with Crippen LogP contribution < -0.4 is 10.6 Å². The van der Waals surface area contributed by atoms with Crippen LogP contribution >= 0.6 is 0 Å². The Kier molecular flexibility index (Phi) is 6.70. The van der Waals surface area contributed by atoms with Crippen LogP contribution in [0.1, 0.15) is 27.2 Å². The van der Waals surface area contributed by atoms with Crippen LogP contribution in [0.3, 0.4) is 0 Å². The van der Waals surface area contributed by atoms with Crippen molar-refractivity contribution in [3.05, 3.63) is 0 Å². The summed E-state index contributed by atoms with van der Waals surface area (Å²) in [5.41, 5.74) is 0. The Balaban J connectivity index is 4.47. The maximum Gasteiger partial charge on any atom is 0.236 e. The van der Waals surface area contributed by atoms with Gasteiger partial charge in [-0.3, -0.25) is 4.79 Å². The molecule has 0 saturated carbocycles. The van der Waals surface area contributed by atoms with E-state index in [2.05, 4.69) is 10.6 Å². The van der Waals surface area contributed by atoms with Crippen molar-refractivity contribution >= 4 is 15.7 Å². The van der Waals surface area contributed by atoms with Gasteiger partial charge in [0.1, 0.15) is 9.84 Å². The molecule has 0 spiro atoms. The van der Waals surface area contributed by atoms with Crippen LogP contribution in [-0.2, 0) is 14.6 Å². The molecule has 102 valence electrons. The topological polar surface area (TPSA) is 75.3 Å². The second-order valence-corrected chi connectivity index (χ2v) is 7.14. The van der Waals surface area contributed by atoms with E-state index in [0.717, 1.165) is 0 Å². The molecule has 0 bridgehead atoms. The summed E-state index contributed by atoms with van der Waals surface area (Å²) < 4.78 is 22.3. The van der Waals surface area contributed by atoms with Gasteiger partial charge >= 0.3 is 0 Å². The molecular formula is C11H24N2O3S. The standard InChI is InChI=1S/C11H24N2O3S/c1-8(2)6-10(11(14)12-4)13-9(3)7-17(5,15)16/h8-10,13H,6-7H2,1-5H3,(H,12,14). The number of hydrogen-bond donors (Lipinski definition) is 2. The predicted octanol–water partition coefficient (Wildman–Crippen LogP) is 0.170. The molecule has 17 heavy (non-hydrogen) atoms. The minimum Gasteiger partial charge on any atom is -0.358 e. The van der Waals surface area contributed by atoms with Crippen molar-refractivity contribution in [2.24, 2.45) is 5.92 Å². The fraction of sp³-hybridized carbons (Fsp3) is 0.909. The monoisotopic (exact) mass is 264 g/mol. The second kappa shape index (κ2) is 6.96. The Morgan fingerprint density at radius 3 is 2.12 bits per heavy atom. The molecule has 0 rings (SSSR count). The molecule has 0 aliphatic carbocycles. The summed E-state index contributed by atoms with van der Waals surface area (Å²) in [5, 5.41) is 5.65. The summed E-state index contributed by atoms with van der Waals surface area (Å²) >= 11 is 0. The largest absolute Gasteiger partial charge is 0.358 e. The van der Waals surface area contributed by atoms with E-state index in [1.54, 1.807) is 14.0 Å². The van der Waals surface area contributed by atoms with Gasteiger partial charge in [0.25, 0.3) is 0 Å². The van der Waals surface area contributed by atoms with Crippen molar-refractivity contribution in [2.45, 2.75) is 39.3 Å². The van der Waals surface area contributed by atoms with E-state index in [-0.39, 0.29) is 23.7 Å². The lowest BCUT2D eigenvalue weighted by atomic mass is 10.0. The summed E-state index contributed by atoms with van der Waals surface area (Å²) in [7, 11) is -1.44. The number of sulfone groups is 1. The molecule has 0 saturated heterocycles. The number of likely N-dealkylation sites (N-methyl/N-ethyl adjacent to an activating group) is 1. The first-order chi connectivity index (χ1) is 7.65. The molecule has 5 nitrogen and oxygen atoms in total. The van der Waals surface area contributed by atoms with Crippen molar-refractivity contribution in [1.82, 2.24) is 10.6 Å². The fourth-order valence-electron chi connectivity index (χ4n) is 1.74. The molecule has 0 aromatic rings. The summed E-state index contributed by atoms with van der Waals surface area (Å²) in [6, 6.07) is -0.567. The van der Waals surface area contributed by atoms with Crippen LogP contribution in [0.15, 0.2) is 0 Å². The van der Waals surface area contributed by atoms with Crippen molar-refractivity contribution < 1.29 is 13.2 Å². The molecule has 0 aromatic heterocycles. The highest BCUT2D eigenvalue weighted by molar-refractivity contribution is 7.90. The molecule has 2 N–H and O–H groups in total. The maximum atomic E-state index is 11.6. The third-order valence-electron chi connectivity index (χ3n) is 2.31. The molecule has 0 aliphatic rings. The summed E-state index contributed by atoms with van der Waals surface area (Å²) in [6.45, 7) is 5.83. The summed E-state index contributed by atoms with van der Waals surface area (Å²) in [6.07, 6.45) is 1.89. The van der Waals surface area contributed by atoms with E-state index in [9.17, 15) is 13.2 Å². The van der Waals surface area contributed by atoms with Crippen LogP contribution in [-0.4, -0.2) is 45.5 Å². The molecule has 1 amide bonds. The molecule has 6 heteroatoms. The van der Waals surface area contributed by atoms with E-state index in [0.29, 0.717) is 12.3 Å². The maximum absolute atomic E-state index is 11.6. The van der Waals surface area contributed by atoms with E-state index >= 15 is 0 Å². The lowest BCUT2D eigenvalue weighted by Crippen LogP contribution is -2.49. The van der Waals surface area contributed by atoms with Gasteiger partial charge in [0, 0.05) is 19.3 Å². The molecular weight excluding hydrogens is 240 g/mol. The third kappa shape index (κ3) is 8.15. The zero-order valence-electron chi connectivity index (χ0n) is 11.3. The van der Waals surface area contributed by atoms with Gasteiger partial charge in [0.15, 0.2) is 0 Å². The van der Waals surface area contributed by atoms with Gasteiger partial charge in [0.05, 0.1) is 11.8 Å². The molecule has 0 aromatic carbocycles. The fourth-order valence-corrected chi connectivity index (χ4v) is 2.75. The third-order valence-corrected chi connectivity index (χ3v) is 3.41. The van der Waals surface area contributed by atoms with Gasteiger partial charge in [-0.2, -0.15) is 0 Å². The number of carbonyl (C=O) groups is 1. The van der Waals surface area contributed by atoms with Crippen molar-refractivity contribution in [2.75, 3.05) is 19.1 Å². The number of rotatable bonds is 7. The van der Waals surface area contributed by atoms with E-state index in [1.165, 1.54) is 6.26 Å². The Bertz CT molecular complexity index is 339. The van der Waals surface area contributed by atoms with Gasteiger partial charge < -0.3 is 10.6 Å². The Morgan fingerprint density at radius 2 is 1.76 bits per heavy atom. The van der Waals surface area contributed by atoms with E-state index < -0.39 is 9.84 Å². The molecule has 0 heterocycles. The normalized spacial score (nSPS) is 15.6. The lowest BCUT2D eigenvalue weighted by molar-refractivity contribution is -0.123. The molecule has 2 atom stereocenters. The number of carbonyl (C=O) groups excluding carboxylic acids is 1. The van der Waals surface area contributed by atoms with Gasteiger partial charge in [-0.05, 0) is 19.3 Å². The Hall–Kier alpha value is -0.620. The molecule has 0 aliphatic heterocycles. The second-order valence-electron chi connectivity index (χ2n) is 4.96. The average molecular weight is 264 g/mol. The smallest absolute Gasteiger partial charge is 0.236 e. The SMILES string of the molecule is CNC(=O)C(CC(C)C)NC(C)CS(C)(=O)=O. The summed E-state index contributed by atoms with van der Waals surface area (Å²) in [5.74, 6) is 0.313. The van der Waals surface area contributed by atoms with Crippen molar-refractivity contribution in [3.8, 4) is 0 Å². The zero-order valence-corrected chi connectivity index (χ0v) is 12.1. The predicted molar refractivity (Wildman–Crippen MR) is 69.6 cm³/mol. The van der Waals surface area contributed by atoms with Crippen LogP contribution in [0.25, 0.3) is 0 Å². The Morgan fingerprint density at radius 1 is 1.24 bits per heavy atom. The van der Waals surface area contributed by atoms with Crippen LogP contribution in [0, 0.1) is 5.92 Å². The van der Waals surface area contributed by atoms with E-state index in [1.807, 2.05) is 13.8 Å². The molecule has 0 radical (unpaired) electrons. The van der Waals surface area contributed by atoms with Gasteiger partial charge in [-0.25, -0.2) is 8.42 Å². The lowest BCUT2D eigenvalue weighted by Gasteiger charge is -2.23. The Labute approximate surface area is 104 Å². The molecule has 2 unspecified atom stereocenters. The van der Waals surface area contributed by atoms with Gasteiger partial charge in [0.2, 0.25) is 5.91 Å². The molecule has 0 fully saturated rings. The minimum absolute atomic E-state index is 0.0403. The number of amides is 1. The van der Waals surface area contributed by atoms with Gasteiger partial charge in [-0.1, -0.05) is 13.8 Å². The first-order valence-corrected chi connectivity index (χ1v) is 7.87. The zero-order chi connectivity index (χ0) is 13.6. The van der Waals surface area contributed by atoms with E-state index in [4.69, 9.17) is 0 Å². The number of hydrogen-bond acceptors (Lipinski definition) is 4. The van der Waals surface area contributed by atoms with Crippen molar-refractivity contribution in [3.63, 3.8) is 0 Å². The highest BCUT2D eigenvalue weighted by Crippen LogP contribution is 2.06. The minimum atomic E-state index is -3.02. The van der Waals surface area contributed by atoms with Crippen molar-refractivity contribution in [1.29, 1.82) is 0 Å². The van der Waals surface area contributed by atoms with Crippen LogP contribution in [0.5, 0.6) is 0 Å².